The predicted molar refractivity (Wildman–Crippen MR) is 74.9 cm³/mol. The van der Waals surface area contributed by atoms with Gasteiger partial charge in [0.05, 0.1) is 18.6 Å². The zero-order valence-corrected chi connectivity index (χ0v) is 11.5. The van der Waals surface area contributed by atoms with E-state index in [9.17, 15) is 14.9 Å². The maximum atomic E-state index is 11.1. The number of ether oxygens (including phenoxy) is 2. The van der Waals surface area contributed by atoms with Crippen molar-refractivity contribution in [2.24, 2.45) is 0 Å². The number of nitrogens with zero attached hydrogens (tertiary/aromatic N) is 1. The van der Waals surface area contributed by atoms with Crippen LogP contribution in [-0.4, -0.2) is 31.7 Å². The summed E-state index contributed by atoms with van der Waals surface area (Å²) in [5, 5.41) is 13.7. The molecule has 108 valence electrons. The molecule has 0 atom stereocenters. The summed E-state index contributed by atoms with van der Waals surface area (Å²) in [6, 6.07) is 2.87. The second-order valence-electron chi connectivity index (χ2n) is 3.70. The zero-order valence-electron chi connectivity index (χ0n) is 11.5. The summed E-state index contributed by atoms with van der Waals surface area (Å²) >= 11 is 0. The molecule has 0 amide bonds. The third kappa shape index (κ3) is 3.71. The molecule has 1 aromatic rings. The lowest BCUT2D eigenvalue weighted by Gasteiger charge is -2.10. The number of carbonyl (C=O) groups excluding carboxylic acids is 1. The molecule has 0 fully saturated rings. The first-order valence-corrected chi connectivity index (χ1v) is 5.92. The van der Waals surface area contributed by atoms with Gasteiger partial charge in [0.1, 0.15) is 11.4 Å². The number of benzene rings is 1. The van der Waals surface area contributed by atoms with Gasteiger partial charge in [-0.15, -0.1) is 0 Å². The number of rotatable bonds is 6. The maximum absolute atomic E-state index is 11.1. The molecule has 1 rings (SSSR count). The van der Waals surface area contributed by atoms with Crippen LogP contribution < -0.4 is 10.1 Å². The Morgan fingerprint density at radius 1 is 1.50 bits per heavy atom. The summed E-state index contributed by atoms with van der Waals surface area (Å²) in [5.74, 6) is -0.101. The molecule has 0 bridgehead atoms. The topological polar surface area (TPSA) is 90.7 Å². The quantitative estimate of drug-likeness (QED) is 0.372. The lowest BCUT2D eigenvalue weighted by Crippen LogP contribution is -2.01. The minimum absolute atomic E-state index is 0.0968. The van der Waals surface area contributed by atoms with E-state index in [1.807, 2.05) is 0 Å². The van der Waals surface area contributed by atoms with Gasteiger partial charge in [0.25, 0.3) is 5.69 Å². The van der Waals surface area contributed by atoms with Crippen LogP contribution in [0.15, 0.2) is 18.2 Å². The van der Waals surface area contributed by atoms with Crippen molar-refractivity contribution in [3.05, 3.63) is 33.9 Å². The molecule has 1 aromatic carbocycles. The average Bonchev–Trinajstić information content (AvgIpc) is 2.44. The largest absolute Gasteiger partial charge is 0.493 e. The molecule has 0 radical (unpaired) electrons. The second kappa shape index (κ2) is 7.13. The summed E-state index contributed by atoms with van der Waals surface area (Å²) in [7, 11) is 2.84. The van der Waals surface area contributed by atoms with Crippen molar-refractivity contribution in [2.45, 2.75) is 6.92 Å². The number of methoxy groups -OCH3 is 1. The maximum Gasteiger partial charge on any atom is 0.330 e. The fraction of sp³-hybridized carbons (Fsp3) is 0.308. The van der Waals surface area contributed by atoms with Crippen LogP contribution in [0, 0.1) is 10.1 Å². The lowest BCUT2D eigenvalue weighted by atomic mass is 10.1. The van der Waals surface area contributed by atoms with Gasteiger partial charge in [-0.25, -0.2) is 4.79 Å². The van der Waals surface area contributed by atoms with Crippen molar-refractivity contribution in [1.29, 1.82) is 0 Å². The smallest absolute Gasteiger partial charge is 0.330 e. The third-order valence-electron chi connectivity index (χ3n) is 2.49. The van der Waals surface area contributed by atoms with E-state index in [2.05, 4.69) is 10.1 Å². The first kappa shape index (κ1) is 15.5. The second-order valence-corrected chi connectivity index (χ2v) is 3.70. The molecule has 0 spiro atoms. The molecule has 0 aromatic heterocycles. The minimum atomic E-state index is -0.548. The molecule has 7 nitrogen and oxygen atoms in total. The van der Waals surface area contributed by atoms with Crippen molar-refractivity contribution in [2.75, 3.05) is 26.1 Å². The van der Waals surface area contributed by atoms with E-state index >= 15 is 0 Å². The average molecular weight is 280 g/mol. The van der Waals surface area contributed by atoms with Crippen LogP contribution in [0.1, 0.15) is 12.5 Å². The molecule has 0 heterocycles. The molecule has 7 heteroatoms. The highest BCUT2D eigenvalue weighted by Gasteiger charge is 2.17. The van der Waals surface area contributed by atoms with Gasteiger partial charge in [0, 0.05) is 30.8 Å². The predicted octanol–water partition coefficient (Wildman–Crippen LogP) is 2.22. The third-order valence-corrected chi connectivity index (χ3v) is 2.49. The Labute approximate surface area is 116 Å². The van der Waals surface area contributed by atoms with Crippen molar-refractivity contribution in [1.82, 2.24) is 0 Å². The van der Waals surface area contributed by atoms with E-state index in [-0.39, 0.29) is 5.69 Å². The Morgan fingerprint density at radius 2 is 2.20 bits per heavy atom. The van der Waals surface area contributed by atoms with Crippen LogP contribution in [0.3, 0.4) is 0 Å². The molecule has 0 aliphatic rings. The standard InChI is InChI=1S/C13H16N2O5/c1-4-20-12-8-10(14-2)11(15(17)18)7-9(12)5-6-13(16)19-3/h5-8,14H,4H2,1-3H3. The SMILES string of the molecule is CCOc1cc(NC)c([N+](=O)[O-])cc1C=CC(=O)OC. The molecular formula is C13H16N2O5. The molecule has 0 saturated heterocycles. The van der Waals surface area contributed by atoms with Crippen LogP contribution in [0.5, 0.6) is 5.75 Å². The van der Waals surface area contributed by atoms with E-state index < -0.39 is 10.9 Å². The summed E-state index contributed by atoms with van der Waals surface area (Å²) in [6.07, 6.45) is 2.60. The summed E-state index contributed by atoms with van der Waals surface area (Å²) in [6.45, 7) is 2.20. The zero-order chi connectivity index (χ0) is 15.1. The van der Waals surface area contributed by atoms with Gasteiger partial charge in [0.15, 0.2) is 0 Å². The number of hydrogen-bond acceptors (Lipinski definition) is 6. The highest BCUT2D eigenvalue weighted by Crippen LogP contribution is 2.33. The van der Waals surface area contributed by atoms with Gasteiger partial charge in [-0.05, 0) is 13.0 Å². The first-order chi connectivity index (χ1) is 9.53. The van der Waals surface area contributed by atoms with Crippen LogP contribution >= 0.6 is 0 Å². The van der Waals surface area contributed by atoms with Crippen molar-refractivity contribution < 1.29 is 19.2 Å². The van der Waals surface area contributed by atoms with Gasteiger partial charge < -0.3 is 14.8 Å². The van der Waals surface area contributed by atoms with E-state index in [0.29, 0.717) is 23.6 Å². The highest BCUT2D eigenvalue weighted by molar-refractivity contribution is 5.88. The minimum Gasteiger partial charge on any atom is -0.493 e. The first-order valence-electron chi connectivity index (χ1n) is 5.92. The fourth-order valence-corrected chi connectivity index (χ4v) is 1.57. The number of carbonyl (C=O) groups is 1. The number of hydrogen-bond donors (Lipinski definition) is 1. The Balaban J connectivity index is 3.31. The Morgan fingerprint density at radius 3 is 2.70 bits per heavy atom. The number of nitro groups is 1. The Hall–Kier alpha value is -2.57. The van der Waals surface area contributed by atoms with Gasteiger partial charge in [-0.2, -0.15) is 0 Å². The van der Waals surface area contributed by atoms with E-state index in [4.69, 9.17) is 4.74 Å². The van der Waals surface area contributed by atoms with Gasteiger partial charge in [0.2, 0.25) is 0 Å². The molecule has 1 N–H and O–H groups in total. The highest BCUT2D eigenvalue weighted by atomic mass is 16.6. The number of esters is 1. The molecule has 0 saturated carbocycles. The van der Waals surface area contributed by atoms with Gasteiger partial charge in [-0.1, -0.05) is 0 Å². The van der Waals surface area contributed by atoms with Crippen molar-refractivity contribution in [3.8, 4) is 5.75 Å². The number of nitro benzene ring substituents is 1. The van der Waals surface area contributed by atoms with Crippen molar-refractivity contribution >= 4 is 23.4 Å². The van der Waals surface area contributed by atoms with Gasteiger partial charge in [-0.3, -0.25) is 10.1 Å². The van der Waals surface area contributed by atoms with Crippen LogP contribution in [0.25, 0.3) is 6.08 Å². The van der Waals surface area contributed by atoms with Gasteiger partial charge >= 0.3 is 5.97 Å². The number of anilines is 1. The molecule has 20 heavy (non-hydrogen) atoms. The van der Waals surface area contributed by atoms with E-state index in [0.717, 1.165) is 0 Å². The normalized spacial score (nSPS) is 10.3. The summed E-state index contributed by atoms with van der Waals surface area (Å²) < 4.78 is 9.90. The Bertz CT molecular complexity index is 540. The summed E-state index contributed by atoms with van der Waals surface area (Å²) in [4.78, 5) is 21.6. The Kier molecular flexibility index (Phi) is 5.52. The number of nitrogens with one attached hydrogen (secondary N) is 1. The monoisotopic (exact) mass is 280 g/mol. The lowest BCUT2D eigenvalue weighted by molar-refractivity contribution is -0.384. The van der Waals surface area contributed by atoms with Crippen LogP contribution in [-0.2, 0) is 9.53 Å². The van der Waals surface area contributed by atoms with Crippen LogP contribution in [0.4, 0.5) is 11.4 Å². The van der Waals surface area contributed by atoms with Crippen LogP contribution in [0.2, 0.25) is 0 Å². The summed E-state index contributed by atoms with van der Waals surface area (Å²) in [5.41, 5.74) is 0.678. The van der Waals surface area contributed by atoms with Crippen molar-refractivity contribution in [3.63, 3.8) is 0 Å². The molecular weight excluding hydrogens is 264 g/mol. The van der Waals surface area contributed by atoms with E-state index in [1.165, 1.54) is 31.4 Å². The molecule has 0 unspecified atom stereocenters. The van der Waals surface area contributed by atoms with E-state index in [1.54, 1.807) is 14.0 Å². The molecule has 0 aliphatic carbocycles. The molecule has 0 aliphatic heterocycles. The fourth-order valence-electron chi connectivity index (χ4n) is 1.57.